The van der Waals surface area contributed by atoms with Crippen LogP contribution in [0.2, 0.25) is 0 Å². The Balaban J connectivity index is 1.86. The molecule has 0 unspecified atom stereocenters. The number of aliphatic hydroxyl groups is 1. The van der Waals surface area contributed by atoms with Crippen LogP contribution < -0.4 is 0 Å². The molecule has 0 fully saturated rings. The molecule has 1 aromatic rings. The van der Waals surface area contributed by atoms with E-state index in [1.54, 1.807) is 12.1 Å². The summed E-state index contributed by atoms with van der Waals surface area (Å²) in [5.74, 6) is 0. The van der Waals surface area contributed by atoms with E-state index in [0.717, 1.165) is 18.4 Å². The predicted octanol–water partition coefficient (Wildman–Crippen LogP) is 7.34. The second-order valence-corrected chi connectivity index (χ2v) is 11.2. The van der Waals surface area contributed by atoms with E-state index in [-0.39, 0.29) is 18.1 Å². The minimum atomic E-state index is -3.85. The van der Waals surface area contributed by atoms with Gasteiger partial charge in [-0.05, 0) is 25.5 Å². The van der Waals surface area contributed by atoms with Crippen molar-refractivity contribution in [1.82, 2.24) is 0 Å². The number of aryl methyl sites for hydroxylation is 1. The number of unbranched alkanes of at least 4 members (excludes halogenated alkanes) is 15. The molecule has 6 heteroatoms. The van der Waals surface area contributed by atoms with Gasteiger partial charge in [0, 0.05) is 6.61 Å². The summed E-state index contributed by atoms with van der Waals surface area (Å²) in [5, 5.41) is 9.92. The minimum absolute atomic E-state index is 0.0855. The molecule has 0 heterocycles. The lowest BCUT2D eigenvalue weighted by Crippen LogP contribution is -2.24. The summed E-state index contributed by atoms with van der Waals surface area (Å²) in [4.78, 5) is 0.0967. The van der Waals surface area contributed by atoms with Crippen molar-refractivity contribution < 1.29 is 22.4 Å². The van der Waals surface area contributed by atoms with Crippen LogP contribution in [0.4, 0.5) is 0 Å². The molecule has 0 spiro atoms. The molecule has 1 atom stereocenters. The Labute approximate surface area is 209 Å². The van der Waals surface area contributed by atoms with Crippen molar-refractivity contribution in [3.8, 4) is 0 Å². The highest BCUT2D eigenvalue weighted by molar-refractivity contribution is 7.86. The molecule has 0 radical (unpaired) electrons. The van der Waals surface area contributed by atoms with E-state index in [1.807, 2.05) is 6.92 Å². The van der Waals surface area contributed by atoms with Gasteiger partial charge in [0.2, 0.25) is 0 Å². The SMILES string of the molecule is CCCCCCCCCCCCCCCCCCOC[C@H](O)COS(=O)(=O)c1ccc(C)cc1. The van der Waals surface area contributed by atoms with Crippen LogP contribution in [-0.4, -0.2) is 39.4 Å². The van der Waals surface area contributed by atoms with E-state index in [9.17, 15) is 13.5 Å². The summed E-state index contributed by atoms with van der Waals surface area (Å²) in [7, 11) is -3.85. The molecule has 5 nitrogen and oxygen atoms in total. The zero-order chi connectivity index (χ0) is 24.9. The number of aliphatic hydroxyl groups excluding tert-OH is 1. The Morgan fingerprint density at radius 2 is 1.15 bits per heavy atom. The summed E-state index contributed by atoms with van der Waals surface area (Å²) in [5.41, 5.74) is 0.974. The average Bonchev–Trinajstić information content (AvgIpc) is 2.82. The van der Waals surface area contributed by atoms with E-state index in [2.05, 4.69) is 6.92 Å². The Bertz CT molecular complexity index is 687. The smallest absolute Gasteiger partial charge is 0.297 e. The highest BCUT2D eigenvalue weighted by Crippen LogP contribution is 2.15. The van der Waals surface area contributed by atoms with Gasteiger partial charge in [-0.25, -0.2) is 0 Å². The van der Waals surface area contributed by atoms with Crippen molar-refractivity contribution >= 4 is 10.1 Å². The normalized spacial score (nSPS) is 12.8. The van der Waals surface area contributed by atoms with E-state index in [0.29, 0.717) is 6.61 Å². The van der Waals surface area contributed by atoms with Crippen molar-refractivity contribution in [3.63, 3.8) is 0 Å². The van der Waals surface area contributed by atoms with E-state index in [4.69, 9.17) is 8.92 Å². The van der Waals surface area contributed by atoms with Crippen molar-refractivity contribution in [3.05, 3.63) is 29.8 Å². The Morgan fingerprint density at radius 3 is 1.62 bits per heavy atom. The van der Waals surface area contributed by atoms with Gasteiger partial charge in [0.1, 0.15) is 6.10 Å². The van der Waals surface area contributed by atoms with Crippen LogP contribution in [0.15, 0.2) is 29.2 Å². The van der Waals surface area contributed by atoms with Crippen molar-refractivity contribution in [2.45, 2.75) is 128 Å². The molecule has 0 amide bonds. The first-order valence-electron chi connectivity index (χ1n) is 13.7. The third kappa shape index (κ3) is 16.6. The molecular weight excluding hydrogens is 448 g/mol. The Kier molecular flexibility index (Phi) is 18.5. The van der Waals surface area contributed by atoms with Crippen molar-refractivity contribution in [1.29, 1.82) is 0 Å². The molecule has 1 aromatic carbocycles. The Morgan fingerprint density at radius 1 is 0.706 bits per heavy atom. The second kappa shape index (κ2) is 20.3. The number of rotatable bonds is 23. The molecule has 0 aliphatic rings. The lowest BCUT2D eigenvalue weighted by Gasteiger charge is -2.12. The summed E-state index contributed by atoms with van der Waals surface area (Å²) < 4.78 is 34.7. The van der Waals surface area contributed by atoms with Crippen molar-refractivity contribution in [2.75, 3.05) is 19.8 Å². The van der Waals surface area contributed by atoms with Gasteiger partial charge in [-0.1, -0.05) is 121 Å². The highest BCUT2D eigenvalue weighted by atomic mass is 32.2. The first kappa shape index (κ1) is 31.1. The van der Waals surface area contributed by atoms with E-state index in [1.165, 1.54) is 102 Å². The first-order chi connectivity index (χ1) is 16.5. The fraction of sp³-hybridized carbons (Fsp3) is 0.786. The van der Waals surface area contributed by atoms with Crippen LogP contribution in [0.5, 0.6) is 0 Å². The number of hydrogen-bond acceptors (Lipinski definition) is 5. The van der Waals surface area contributed by atoms with Gasteiger partial charge in [0.25, 0.3) is 10.1 Å². The van der Waals surface area contributed by atoms with Gasteiger partial charge in [-0.15, -0.1) is 0 Å². The lowest BCUT2D eigenvalue weighted by atomic mass is 10.0. The van der Waals surface area contributed by atoms with Gasteiger partial charge in [0.05, 0.1) is 18.1 Å². The van der Waals surface area contributed by atoms with E-state index < -0.39 is 16.2 Å². The van der Waals surface area contributed by atoms with Gasteiger partial charge >= 0.3 is 0 Å². The number of benzene rings is 1. The van der Waals surface area contributed by atoms with Gasteiger partial charge < -0.3 is 9.84 Å². The predicted molar refractivity (Wildman–Crippen MR) is 141 cm³/mol. The topological polar surface area (TPSA) is 72.8 Å². The van der Waals surface area contributed by atoms with Crippen LogP contribution in [0.25, 0.3) is 0 Å². The fourth-order valence-corrected chi connectivity index (χ4v) is 4.90. The Hall–Kier alpha value is -0.950. The maximum atomic E-state index is 12.1. The van der Waals surface area contributed by atoms with Gasteiger partial charge in [0.15, 0.2) is 0 Å². The van der Waals surface area contributed by atoms with Crippen LogP contribution in [0, 0.1) is 6.92 Å². The standard InChI is InChI=1S/C28H50O5S/c1-3-4-5-6-7-8-9-10-11-12-13-14-15-16-17-18-23-32-24-27(29)25-33-34(30,31)28-21-19-26(2)20-22-28/h19-22,27,29H,3-18,23-25H2,1-2H3/t27-/m0/s1. The zero-order valence-corrected chi connectivity index (χ0v) is 22.6. The minimum Gasteiger partial charge on any atom is -0.388 e. The molecule has 198 valence electrons. The molecule has 34 heavy (non-hydrogen) atoms. The summed E-state index contributed by atoms with van der Waals surface area (Å²) in [6.45, 7) is 4.53. The summed E-state index contributed by atoms with van der Waals surface area (Å²) in [6, 6.07) is 6.44. The van der Waals surface area contributed by atoms with Crippen molar-refractivity contribution in [2.24, 2.45) is 0 Å². The molecule has 1 N–H and O–H groups in total. The number of ether oxygens (including phenoxy) is 1. The fourth-order valence-electron chi connectivity index (χ4n) is 3.96. The summed E-state index contributed by atoms with van der Waals surface area (Å²) >= 11 is 0. The molecule has 0 bridgehead atoms. The largest absolute Gasteiger partial charge is 0.388 e. The molecule has 0 saturated carbocycles. The van der Waals surface area contributed by atoms with Gasteiger partial charge in [-0.2, -0.15) is 8.42 Å². The second-order valence-electron chi connectivity index (χ2n) is 9.58. The molecule has 1 rings (SSSR count). The van der Waals surface area contributed by atoms with Crippen LogP contribution in [0.3, 0.4) is 0 Å². The third-order valence-electron chi connectivity index (χ3n) is 6.18. The third-order valence-corrected chi connectivity index (χ3v) is 7.47. The first-order valence-corrected chi connectivity index (χ1v) is 15.1. The molecule has 0 aromatic heterocycles. The summed E-state index contributed by atoms with van der Waals surface area (Å²) in [6.07, 6.45) is 20.3. The van der Waals surface area contributed by atoms with Gasteiger partial charge in [-0.3, -0.25) is 4.18 Å². The average molecular weight is 499 g/mol. The van der Waals surface area contributed by atoms with Crippen LogP contribution >= 0.6 is 0 Å². The molecule has 0 aliphatic heterocycles. The molecule has 0 saturated heterocycles. The molecular formula is C28H50O5S. The monoisotopic (exact) mass is 498 g/mol. The maximum absolute atomic E-state index is 12.1. The zero-order valence-electron chi connectivity index (χ0n) is 21.8. The lowest BCUT2D eigenvalue weighted by molar-refractivity contribution is 0.0122. The maximum Gasteiger partial charge on any atom is 0.297 e. The number of hydrogen-bond donors (Lipinski definition) is 1. The highest BCUT2D eigenvalue weighted by Gasteiger charge is 2.17. The van der Waals surface area contributed by atoms with Crippen LogP contribution in [0.1, 0.15) is 115 Å². The quantitative estimate of drug-likeness (QED) is 0.126. The van der Waals surface area contributed by atoms with Crippen LogP contribution in [-0.2, 0) is 19.0 Å². The van der Waals surface area contributed by atoms with E-state index >= 15 is 0 Å². The molecule has 0 aliphatic carbocycles.